The zero-order valence-electron chi connectivity index (χ0n) is 10.3. The maximum Gasteiger partial charge on any atom is 0.200 e. The van der Waals surface area contributed by atoms with Crippen LogP contribution in [0.25, 0.3) is 11.3 Å². The molecule has 1 unspecified atom stereocenters. The third kappa shape index (κ3) is 2.18. The minimum Gasteiger partial charge on any atom is -0.459 e. The summed E-state index contributed by atoms with van der Waals surface area (Å²) < 4.78 is 71.3. The Kier molecular flexibility index (Phi) is 3.80. The lowest BCUT2D eigenvalue weighted by molar-refractivity contribution is 0.377. The molecule has 0 aliphatic carbocycles. The minimum atomic E-state index is -2.21. The molecule has 0 fully saturated rings. The number of hydrogen-bond donors (Lipinski definition) is 1. The van der Waals surface area contributed by atoms with Crippen LogP contribution in [0.15, 0.2) is 16.5 Å². The fourth-order valence-corrected chi connectivity index (χ4v) is 1.71. The van der Waals surface area contributed by atoms with E-state index in [1.165, 1.54) is 6.07 Å². The molecule has 0 aliphatic rings. The van der Waals surface area contributed by atoms with Gasteiger partial charge in [-0.1, -0.05) is 6.92 Å². The Bertz CT molecular complexity index is 623. The van der Waals surface area contributed by atoms with E-state index in [2.05, 4.69) is 0 Å². The Morgan fingerprint density at radius 1 is 0.950 bits per heavy atom. The Labute approximate surface area is 111 Å². The molecular weight excluding hydrogens is 281 g/mol. The Balaban J connectivity index is 2.61. The molecule has 0 radical (unpaired) electrons. The van der Waals surface area contributed by atoms with Crippen LogP contribution >= 0.6 is 0 Å². The molecule has 1 aromatic heterocycles. The summed E-state index contributed by atoms with van der Waals surface area (Å²) in [7, 11) is 0. The van der Waals surface area contributed by atoms with Crippen LogP contribution in [0.5, 0.6) is 0 Å². The molecule has 2 aromatic rings. The van der Waals surface area contributed by atoms with E-state index in [0.717, 1.165) is 6.07 Å². The molecule has 7 heteroatoms. The summed E-state index contributed by atoms with van der Waals surface area (Å²) in [6.07, 6.45) is 0.490. The average Bonchev–Trinajstić information content (AvgIpc) is 2.92. The summed E-state index contributed by atoms with van der Waals surface area (Å²) in [5.41, 5.74) is 4.56. The molecular formula is C13H10F5NO. The topological polar surface area (TPSA) is 39.2 Å². The van der Waals surface area contributed by atoms with Gasteiger partial charge in [0.15, 0.2) is 23.3 Å². The summed E-state index contributed by atoms with van der Waals surface area (Å²) in [4.78, 5) is 0. The highest BCUT2D eigenvalue weighted by molar-refractivity contribution is 5.60. The van der Waals surface area contributed by atoms with Crippen LogP contribution in [-0.2, 0) is 0 Å². The lowest BCUT2D eigenvalue weighted by atomic mass is 10.1. The van der Waals surface area contributed by atoms with E-state index < -0.39 is 46.5 Å². The van der Waals surface area contributed by atoms with Gasteiger partial charge in [-0.15, -0.1) is 0 Å². The van der Waals surface area contributed by atoms with Crippen LogP contribution in [0.4, 0.5) is 22.0 Å². The molecule has 1 aromatic carbocycles. The molecule has 20 heavy (non-hydrogen) atoms. The molecule has 1 atom stereocenters. The second-order valence-corrected chi connectivity index (χ2v) is 4.16. The maximum atomic E-state index is 13.6. The average molecular weight is 291 g/mol. The van der Waals surface area contributed by atoms with Crippen molar-refractivity contribution in [3.05, 3.63) is 47.0 Å². The van der Waals surface area contributed by atoms with Gasteiger partial charge in [0, 0.05) is 0 Å². The molecule has 108 valence electrons. The summed E-state index contributed by atoms with van der Waals surface area (Å²) in [6, 6.07) is 1.93. The number of benzene rings is 1. The van der Waals surface area contributed by atoms with E-state index in [1.807, 2.05) is 0 Å². The number of halogens is 5. The maximum absolute atomic E-state index is 13.6. The fourth-order valence-electron chi connectivity index (χ4n) is 1.71. The third-order valence-electron chi connectivity index (χ3n) is 2.89. The van der Waals surface area contributed by atoms with E-state index in [1.54, 1.807) is 6.92 Å². The zero-order chi connectivity index (χ0) is 15.0. The second-order valence-electron chi connectivity index (χ2n) is 4.16. The largest absolute Gasteiger partial charge is 0.459 e. The first-order valence-electron chi connectivity index (χ1n) is 5.75. The van der Waals surface area contributed by atoms with E-state index >= 15 is 0 Å². The van der Waals surface area contributed by atoms with Gasteiger partial charge in [-0.3, -0.25) is 0 Å². The Morgan fingerprint density at radius 3 is 1.95 bits per heavy atom. The normalized spacial score (nSPS) is 12.8. The van der Waals surface area contributed by atoms with E-state index in [0.29, 0.717) is 6.42 Å². The first kappa shape index (κ1) is 14.5. The smallest absolute Gasteiger partial charge is 0.200 e. The van der Waals surface area contributed by atoms with Crippen LogP contribution in [0.2, 0.25) is 0 Å². The van der Waals surface area contributed by atoms with Gasteiger partial charge in [-0.2, -0.15) is 0 Å². The lowest BCUT2D eigenvalue weighted by Gasteiger charge is -2.07. The number of rotatable bonds is 3. The lowest BCUT2D eigenvalue weighted by Crippen LogP contribution is -2.07. The molecule has 2 nitrogen and oxygen atoms in total. The summed E-state index contributed by atoms with van der Waals surface area (Å²) in [5.74, 6) is -10.4. The predicted molar refractivity (Wildman–Crippen MR) is 61.2 cm³/mol. The molecule has 0 spiro atoms. The minimum absolute atomic E-state index is 0.200. The molecule has 1 heterocycles. The van der Waals surface area contributed by atoms with E-state index in [4.69, 9.17) is 10.2 Å². The molecule has 2 N–H and O–H groups in total. The van der Waals surface area contributed by atoms with Gasteiger partial charge in [-0.25, -0.2) is 22.0 Å². The monoisotopic (exact) mass is 291 g/mol. The summed E-state index contributed by atoms with van der Waals surface area (Å²) >= 11 is 0. The quantitative estimate of drug-likeness (QED) is 0.526. The van der Waals surface area contributed by atoms with Crippen molar-refractivity contribution >= 4 is 0 Å². The van der Waals surface area contributed by atoms with Crippen molar-refractivity contribution < 1.29 is 26.4 Å². The standard InChI is InChI=1S/C13H10F5NO/c1-2-5(19)6-3-4-7(20-6)8-9(14)11(16)13(18)12(17)10(8)15/h3-5H,2,19H2,1H3. The highest BCUT2D eigenvalue weighted by atomic mass is 19.2. The molecule has 0 amide bonds. The molecule has 2 rings (SSSR count). The van der Waals surface area contributed by atoms with Gasteiger partial charge >= 0.3 is 0 Å². The van der Waals surface area contributed by atoms with Crippen molar-refractivity contribution in [2.45, 2.75) is 19.4 Å². The molecule has 0 aliphatic heterocycles. The SMILES string of the molecule is CCC(N)c1ccc(-c2c(F)c(F)c(F)c(F)c2F)o1. The highest BCUT2D eigenvalue weighted by Crippen LogP contribution is 2.33. The first-order chi connectivity index (χ1) is 9.38. The van der Waals surface area contributed by atoms with Crippen molar-refractivity contribution in [1.82, 2.24) is 0 Å². The van der Waals surface area contributed by atoms with Gasteiger partial charge < -0.3 is 10.2 Å². The third-order valence-corrected chi connectivity index (χ3v) is 2.89. The molecule has 0 saturated carbocycles. The second kappa shape index (κ2) is 5.24. The van der Waals surface area contributed by atoms with Crippen molar-refractivity contribution in [3.8, 4) is 11.3 Å². The van der Waals surface area contributed by atoms with Crippen LogP contribution in [0.3, 0.4) is 0 Å². The van der Waals surface area contributed by atoms with Gasteiger partial charge in [0.25, 0.3) is 0 Å². The van der Waals surface area contributed by atoms with Crippen molar-refractivity contribution in [3.63, 3.8) is 0 Å². The Morgan fingerprint density at radius 2 is 1.45 bits per heavy atom. The van der Waals surface area contributed by atoms with E-state index in [9.17, 15) is 22.0 Å². The molecule has 0 bridgehead atoms. The van der Waals surface area contributed by atoms with Crippen LogP contribution in [0.1, 0.15) is 25.1 Å². The fraction of sp³-hybridized carbons (Fsp3) is 0.231. The number of hydrogen-bond acceptors (Lipinski definition) is 2. The predicted octanol–water partition coefficient (Wildman–Crippen LogP) is 4.05. The van der Waals surface area contributed by atoms with Gasteiger partial charge in [0.1, 0.15) is 11.5 Å². The summed E-state index contributed by atoms with van der Waals surface area (Å²) in [6.45, 7) is 1.76. The van der Waals surface area contributed by atoms with E-state index in [-0.39, 0.29) is 5.76 Å². The highest BCUT2D eigenvalue weighted by Gasteiger charge is 2.28. The first-order valence-corrected chi connectivity index (χ1v) is 5.75. The van der Waals surface area contributed by atoms with Gasteiger partial charge in [0.05, 0.1) is 11.6 Å². The van der Waals surface area contributed by atoms with Crippen LogP contribution < -0.4 is 5.73 Å². The van der Waals surface area contributed by atoms with Crippen molar-refractivity contribution in [1.29, 1.82) is 0 Å². The van der Waals surface area contributed by atoms with Gasteiger partial charge in [0.2, 0.25) is 5.82 Å². The number of furan rings is 1. The van der Waals surface area contributed by atoms with Crippen molar-refractivity contribution in [2.24, 2.45) is 5.73 Å². The molecule has 0 saturated heterocycles. The van der Waals surface area contributed by atoms with Crippen LogP contribution in [-0.4, -0.2) is 0 Å². The number of nitrogens with two attached hydrogens (primary N) is 1. The van der Waals surface area contributed by atoms with Crippen molar-refractivity contribution in [2.75, 3.05) is 0 Å². The zero-order valence-corrected chi connectivity index (χ0v) is 10.3. The van der Waals surface area contributed by atoms with Crippen LogP contribution in [0, 0.1) is 29.1 Å². The van der Waals surface area contributed by atoms with Gasteiger partial charge in [-0.05, 0) is 18.6 Å². The Hall–Kier alpha value is -1.89. The summed E-state index contributed by atoms with van der Waals surface area (Å²) in [5, 5.41) is 0.